The minimum Gasteiger partial charge on any atom is -0.444 e. The third kappa shape index (κ3) is 3.91. The van der Waals surface area contributed by atoms with Crippen LogP contribution >= 0.6 is 0 Å². The summed E-state index contributed by atoms with van der Waals surface area (Å²) in [5.74, 6) is 0. The maximum Gasteiger partial charge on any atom is 0.410 e. The Morgan fingerprint density at radius 1 is 1.27 bits per heavy atom. The van der Waals surface area contributed by atoms with Crippen molar-refractivity contribution in [1.29, 1.82) is 5.26 Å². The monoisotopic (exact) mass is 301 g/mol. The van der Waals surface area contributed by atoms with Gasteiger partial charge in [0.05, 0.1) is 11.6 Å². The minimum absolute atomic E-state index is 0.0826. The average molecular weight is 301 g/mol. The highest BCUT2D eigenvalue weighted by Gasteiger charge is 2.30. The van der Waals surface area contributed by atoms with Gasteiger partial charge in [-0.25, -0.2) is 4.79 Å². The Morgan fingerprint density at radius 3 is 2.41 bits per heavy atom. The minimum atomic E-state index is -0.471. The Bertz CT molecular complexity index is 569. The van der Waals surface area contributed by atoms with Gasteiger partial charge in [-0.3, -0.25) is 0 Å². The molecule has 1 heterocycles. The molecule has 1 fully saturated rings. The Morgan fingerprint density at radius 2 is 1.91 bits per heavy atom. The molecule has 1 aromatic carbocycles. The molecule has 1 aliphatic rings. The summed E-state index contributed by atoms with van der Waals surface area (Å²) in [7, 11) is 0. The zero-order valence-corrected chi connectivity index (χ0v) is 13.7. The fraction of sp³-hybridized carbons (Fsp3) is 0.529. The third-order valence-electron chi connectivity index (χ3n) is 3.62. The van der Waals surface area contributed by atoms with Crippen LogP contribution in [0.5, 0.6) is 0 Å². The molecule has 0 radical (unpaired) electrons. The van der Waals surface area contributed by atoms with Crippen molar-refractivity contribution in [2.75, 3.05) is 24.5 Å². The summed E-state index contributed by atoms with van der Waals surface area (Å²) >= 11 is 0. The van der Waals surface area contributed by atoms with Crippen LogP contribution in [-0.4, -0.2) is 42.3 Å². The molecule has 22 heavy (non-hydrogen) atoms. The largest absolute Gasteiger partial charge is 0.444 e. The highest BCUT2D eigenvalue weighted by atomic mass is 16.6. The molecule has 1 unspecified atom stereocenters. The highest BCUT2D eigenvalue weighted by Crippen LogP contribution is 2.21. The quantitative estimate of drug-likeness (QED) is 0.800. The molecule has 5 nitrogen and oxygen atoms in total. The maximum absolute atomic E-state index is 12.2. The number of anilines is 1. The first-order chi connectivity index (χ1) is 10.3. The molecule has 5 heteroatoms. The van der Waals surface area contributed by atoms with E-state index in [1.54, 1.807) is 4.90 Å². The van der Waals surface area contributed by atoms with E-state index in [0.717, 1.165) is 18.8 Å². The van der Waals surface area contributed by atoms with E-state index >= 15 is 0 Å². The molecule has 0 bridgehead atoms. The summed E-state index contributed by atoms with van der Waals surface area (Å²) in [5, 5.41) is 8.85. The van der Waals surface area contributed by atoms with E-state index in [1.165, 1.54) is 0 Å². The van der Waals surface area contributed by atoms with Crippen molar-refractivity contribution in [1.82, 2.24) is 4.90 Å². The van der Waals surface area contributed by atoms with Gasteiger partial charge in [0.1, 0.15) is 5.60 Å². The number of nitriles is 1. The van der Waals surface area contributed by atoms with E-state index in [0.29, 0.717) is 12.1 Å². The van der Waals surface area contributed by atoms with Gasteiger partial charge in [0, 0.05) is 31.4 Å². The van der Waals surface area contributed by atoms with Crippen LogP contribution in [0.1, 0.15) is 33.3 Å². The fourth-order valence-corrected chi connectivity index (χ4v) is 2.53. The SMILES string of the molecule is CC1CN(c2ccc(C#N)cc2)CCN1C(=O)OC(C)(C)C. The average Bonchev–Trinajstić information content (AvgIpc) is 2.45. The van der Waals surface area contributed by atoms with E-state index in [9.17, 15) is 4.79 Å². The summed E-state index contributed by atoms with van der Waals surface area (Å²) in [6, 6.07) is 9.75. The predicted molar refractivity (Wildman–Crippen MR) is 85.8 cm³/mol. The van der Waals surface area contributed by atoms with Crippen LogP contribution in [0.4, 0.5) is 10.5 Å². The Hall–Kier alpha value is -2.22. The fourth-order valence-electron chi connectivity index (χ4n) is 2.53. The molecule has 118 valence electrons. The number of amides is 1. The topological polar surface area (TPSA) is 56.6 Å². The molecule has 0 N–H and O–H groups in total. The predicted octanol–water partition coefficient (Wildman–Crippen LogP) is 3.00. The van der Waals surface area contributed by atoms with Crippen molar-refractivity contribution >= 4 is 11.8 Å². The lowest BCUT2D eigenvalue weighted by Gasteiger charge is -2.41. The van der Waals surface area contributed by atoms with Gasteiger partial charge in [-0.15, -0.1) is 0 Å². The smallest absolute Gasteiger partial charge is 0.410 e. The summed E-state index contributed by atoms with van der Waals surface area (Å²) < 4.78 is 5.45. The number of benzene rings is 1. The molecular weight excluding hydrogens is 278 g/mol. The van der Waals surface area contributed by atoms with Gasteiger partial charge in [0.2, 0.25) is 0 Å². The number of nitrogens with zero attached hydrogens (tertiary/aromatic N) is 3. The van der Waals surface area contributed by atoms with Crippen molar-refractivity contribution in [3.8, 4) is 6.07 Å². The molecular formula is C17H23N3O2. The van der Waals surface area contributed by atoms with Crippen LogP contribution in [0.2, 0.25) is 0 Å². The second-order valence-electron chi connectivity index (χ2n) is 6.63. The van der Waals surface area contributed by atoms with Crippen LogP contribution < -0.4 is 4.90 Å². The van der Waals surface area contributed by atoms with Crippen molar-refractivity contribution in [3.05, 3.63) is 29.8 Å². The number of carbonyl (C=O) groups is 1. The molecule has 1 amide bonds. The zero-order valence-electron chi connectivity index (χ0n) is 13.7. The lowest BCUT2D eigenvalue weighted by atomic mass is 10.1. The van der Waals surface area contributed by atoms with Gasteiger partial charge in [0.25, 0.3) is 0 Å². The molecule has 1 saturated heterocycles. The van der Waals surface area contributed by atoms with Crippen molar-refractivity contribution in [2.45, 2.75) is 39.3 Å². The van der Waals surface area contributed by atoms with Crippen molar-refractivity contribution < 1.29 is 9.53 Å². The molecule has 1 atom stereocenters. The lowest BCUT2D eigenvalue weighted by molar-refractivity contribution is 0.0159. The Labute approximate surface area is 132 Å². The van der Waals surface area contributed by atoms with E-state index in [2.05, 4.69) is 11.0 Å². The first-order valence-electron chi connectivity index (χ1n) is 7.55. The second kappa shape index (κ2) is 6.27. The molecule has 0 aromatic heterocycles. The molecule has 0 aliphatic carbocycles. The number of rotatable bonds is 1. The number of hydrogen-bond acceptors (Lipinski definition) is 4. The van der Waals surface area contributed by atoms with Gasteiger partial charge in [-0.1, -0.05) is 0 Å². The standard InChI is InChI=1S/C17H23N3O2/c1-13-12-19(15-7-5-14(11-18)6-8-15)9-10-20(13)16(21)22-17(2,3)4/h5-8,13H,9-10,12H2,1-4H3. The summed E-state index contributed by atoms with van der Waals surface area (Å²) in [5.41, 5.74) is 1.26. The van der Waals surface area contributed by atoms with Gasteiger partial charge in [-0.05, 0) is 52.0 Å². The van der Waals surface area contributed by atoms with E-state index in [-0.39, 0.29) is 12.1 Å². The lowest BCUT2D eigenvalue weighted by Crippen LogP contribution is -2.55. The molecule has 1 aliphatic heterocycles. The summed E-state index contributed by atoms with van der Waals surface area (Å²) in [6.07, 6.45) is -0.250. The normalized spacial score (nSPS) is 18.8. The second-order valence-corrected chi connectivity index (χ2v) is 6.63. The number of ether oxygens (including phenoxy) is 1. The van der Waals surface area contributed by atoms with Crippen molar-refractivity contribution in [2.24, 2.45) is 0 Å². The molecule has 0 spiro atoms. The molecule has 0 saturated carbocycles. The maximum atomic E-state index is 12.2. The van der Waals surface area contributed by atoms with E-state index < -0.39 is 5.60 Å². The van der Waals surface area contributed by atoms with Gasteiger partial charge < -0.3 is 14.5 Å². The van der Waals surface area contributed by atoms with Crippen LogP contribution in [-0.2, 0) is 4.74 Å². The van der Waals surface area contributed by atoms with Crippen LogP contribution in [0.25, 0.3) is 0 Å². The van der Waals surface area contributed by atoms with Crippen LogP contribution in [0.15, 0.2) is 24.3 Å². The Balaban J connectivity index is 2.00. The third-order valence-corrected chi connectivity index (χ3v) is 3.62. The van der Waals surface area contributed by atoms with E-state index in [1.807, 2.05) is 52.0 Å². The number of carbonyl (C=O) groups excluding carboxylic acids is 1. The Kier molecular flexibility index (Phi) is 4.60. The highest BCUT2D eigenvalue weighted by molar-refractivity contribution is 5.69. The molecule has 1 aromatic rings. The van der Waals surface area contributed by atoms with Crippen LogP contribution in [0, 0.1) is 11.3 Å². The first kappa shape index (κ1) is 16.2. The number of hydrogen-bond donors (Lipinski definition) is 0. The molecule has 2 rings (SSSR count). The van der Waals surface area contributed by atoms with Crippen molar-refractivity contribution in [3.63, 3.8) is 0 Å². The first-order valence-corrected chi connectivity index (χ1v) is 7.55. The number of piperazine rings is 1. The summed E-state index contributed by atoms with van der Waals surface area (Å²) in [4.78, 5) is 16.2. The van der Waals surface area contributed by atoms with Crippen LogP contribution in [0.3, 0.4) is 0 Å². The van der Waals surface area contributed by atoms with Gasteiger partial charge in [0.15, 0.2) is 0 Å². The van der Waals surface area contributed by atoms with Gasteiger partial charge >= 0.3 is 6.09 Å². The summed E-state index contributed by atoms with van der Waals surface area (Å²) in [6.45, 7) is 9.81. The van der Waals surface area contributed by atoms with Gasteiger partial charge in [-0.2, -0.15) is 5.26 Å². The zero-order chi connectivity index (χ0) is 16.3. The van der Waals surface area contributed by atoms with E-state index in [4.69, 9.17) is 10.00 Å².